The molecule has 1 aliphatic carbocycles. The fourth-order valence-electron chi connectivity index (χ4n) is 3.97. The van der Waals surface area contributed by atoms with Crippen molar-refractivity contribution < 1.29 is 14.7 Å². The lowest BCUT2D eigenvalue weighted by atomic mass is 9.80. The van der Waals surface area contributed by atoms with Gasteiger partial charge in [0, 0.05) is 31.1 Å². The highest BCUT2D eigenvalue weighted by Gasteiger charge is 2.36. The van der Waals surface area contributed by atoms with Gasteiger partial charge in [0.25, 0.3) is 0 Å². The topological polar surface area (TPSA) is 62.5 Å². The molecule has 1 N–H and O–H groups in total. The summed E-state index contributed by atoms with van der Waals surface area (Å²) in [5, 5.41) is 10.5. The molecule has 0 radical (unpaired) electrons. The third kappa shape index (κ3) is 1.96. The Morgan fingerprint density at radius 3 is 2.78 bits per heavy atom. The normalized spacial score (nSPS) is 23.5. The quantitative estimate of drug-likeness (QED) is 0.877. The zero-order chi connectivity index (χ0) is 16.3. The summed E-state index contributed by atoms with van der Waals surface area (Å²) in [7, 11) is 1.97. The number of nitrogens with zero attached hydrogens (tertiary/aromatic N) is 2. The van der Waals surface area contributed by atoms with Gasteiger partial charge >= 0.3 is 5.97 Å². The maximum atomic E-state index is 11.9. The molecule has 23 heavy (non-hydrogen) atoms. The number of carboxylic acid groups (broad SMARTS) is 1. The SMILES string of the molecule is CC(=O)n1cc2c3c(cccc31)C1=C[C@@H](C(=O)O)CN(C)[C@@H]1C2. The van der Waals surface area contributed by atoms with Crippen LogP contribution in [0.15, 0.2) is 30.5 Å². The van der Waals surface area contributed by atoms with E-state index in [9.17, 15) is 14.7 Å². The number of rotatable bonds is 1. The molecule has 2 heterocycles. The second-order valence-corrected chi connectivity index (χ2v) is 6.47. The van der Waals surface area contributed by atoms with Crippen molar-refractivity contribution in [2.24, 2.45) is 5.92 Å². The van der Waals surface area contributed by atoms with Gasteiger partial charge in [-0.2, -0.15) is 0 Å². The van der Waals surface area contributed by atoms with Gasteiger partial charge in [-0.25, -0.2) is 0 Å². The summed E-state index contributed by atoms with van der Waals surface area (Å²) in [5.74, 6) is -1.28. The zero-order valence-electron chi connectivity index (χ0n) is 13.1. The average molecular weight is 310 g/mol. The molecular formula is C18H18N2O3. The smallest absolute Gasteiger partial charge is 0.311 e. The molecule has 1 aliphatic heterocycles. The predicted octanol–water partition coefficient (Wildman–Crippen LogP) is 2.26. The van der Waals surface area contributed by atoms with E-state index in [4.69, 9.17) is 0 Å². The number of fused-ring (bicyclic) bond motifs is 2. The number of aromatic nitrogens is 1. The van der Waals surface area contributed by atoms with Crippen LogP contribution in [0.25, 0.3) is 16.5 Å². The number of carbonyl (C=O) groups excluding carboxylic acids is 1. The minimum atomic E-state index is -0.790. The zero-order valence-corrected chi connectivity index (χ0v) is 13.1. The summed E-state index contributed by atoms with van der Waals surface area (Å²) in [5.41, 5.74) is 4.20. The third-order valence-electron chi connectivity index (χ3n) is 5.05. The summed E-state index contributed by atoms with van der Waals surface area (Å²) in [4.78, 5) is 25.4. The molecule has 0 amide bonds. The van der Waals surface area contributed by atoms with Crippen LogP contribution in [-0.4, -0.2) is 46.1 Å². The molecule has 0 saturated heterocycles. The van der Waals surface area contributed by atoms with Crippen LogP contribution in [0.3, 0.4) is 0 Å². The molecule has 118 valence electrons. The van der Waals surface area contributed by atoms with Crippen LogP contribution in [0.2, 0.25) is 0 Å². The maximum Gasteiger partial charge on any atom is 0.311 e. The Morgan fingerprint density at radius 2 is 2.09 bits per heavy atom. The Bertz CT molecular complexity index is 878. The number of hydrogen-bond acceptors (Lipinski definition) is 3. The first-order valence-corrected chi connectivity index (χ1v) is 7.76. The van der Waals surface area contributed by atoms with Crippen molar-refractivity contribution in [1.29, 1.82) is 0 Å². The molecule has 0 fully saturated rings. The van der Waals surface area contributed by atoms with Crippen LogP contribution in [0, 0.1) is 5.92 Å². The Hall–Kier alpha value is -2.40. The Kier molecular flexibility index (Phi) is 2.96. The van der Waals surface area contributed by atoms with Gasteiger partial charge in [-0.15, -0.1) is 0 Å². The molecule has 0 spiro atoms. The van der Waals surface area contributed by atoms with Gasteiger partial charge in [0.1, 0.15) is 0 Å². The van der Waals surface area contributed by atoms with Crippen molar-refractivity contribution in [1.82, 2.24) is 9.47 Å². The van der Waals surface area contributed by atoms with E-state index in [1.54, 1.807) is 11.5 Å². The highest BCUT2D eigenvalue weighted by molar-refractivity contribution is 6.02. The van der Waals surface area contributed by atoms with E-state index in [1.807, 2.05) is 37.5 Å². The summed E-state index contributed by atoms with van der Waals surface area (Å²) in [6.07, 6.45) is 4.64. The minimum Gasteiger partial charge on any atom is -0.481 e. The van der Waals surface area contributed by atoms with Crippen molar-refractivity contribution in [2.75, 3.05) is 13.6 Å². The largest absolute Gasteiger partial charge is 0.481 e. The third-order valence-corrected chi connectivity index (χ3v) is 5.05. The second-order valence-electron chi connectivity index (χ2n) is 6.47. The highest BCUT2D eigenvalue weighted by Crippen LogP contribution is 2.41. The Balaban J connectivity index is 1.98. The van der Waals surface area contributed by atoms with E-state index in [1.165, 1.54) is 0 Å². The lowest BCUT2D eigenvalue weighted by Gasteiger charge is -2.38. The number of carbonyl (C=O) groups is 2. The molecule has 5 nitrogen and oxygen atoms in total. The summed E-state index contributed by atoms with van der Waals surface area (Å²) >= 11 is 0. The standard InChI is InChI=1S/C18H18N2O3/c1-10(21)20-9-11-7-16-14(6-12(18(22)23)8-19(16)2)13-4-3-5-15(20)17(11)13/h3-6,9,12,16H,7-8H2,1-2H3,(H,22,23)/t12-,16-/m1/s1. The van der Waals surface area contributed by atoms with Crippen molar-refractivity contribution in [3.63, 3.8) is 0 Å². The van der Waals surface area contributed by atoms with Gasteiger partial charge in [0.15, 0.2) is 0 Å². The van der Waals surface area contributed by atoms with E-state index in [0.717, 1.165) is 34.0 Å². The molecule has 0 unspecified atom stereocenters. The van der Waals surface area contributed by atoms with Gasteiger partial charge in [-0.3, -0.25) is 19.1 Å². The van der Waals surface area contributed by atoms with E-state index >= 15 is 0 Å². The molecule has 0 bridgehead atoms. The number of likely N-dealkylation sites (N-methyl/N-ethyl adjacent to an activating group) is 1. The molecule has 2 aliphatic rings. The van der Waals surface area contributed by atoms with Gasteiger partial charge < -0.3 is 5.11 Å². The minimum absolute atomic E-state index is 0.00554. The molecule has 0 saturated carbocycles. The lowest BCUT2D eigenvalue weighted by molar-refractivity contribution is -0.140. The molecule has 2 aromatic rings. The number of carboxylic acids is 1. The fourth-order valence-corrected chi connectivity index (χ4v) is 3.97. The van der Waals surface area contributed by atoms with Crippen molar-refractivity contribution in [3.05, 3.63) is 41.6 Å². The average Bonchev–Trinajstić information content (AvgIpc) is 2.88. The molecule has 5 heteroatoms. The van der Waals surface area contributed by atoms with Crippen LogP contribution in [0.4, 0.5) is 0 Å². The summed E-state index contributed by atoms with van der Waals surface area (Å²) in [6, 6.07) is 6.10. The van der Waals surface area contributed by atoms with Gasteiger partial charge in [-0.05, 0) is 36.2 Å². The summed E-state index contributed by atoms with van der Waals surface area (Å²) < 4.78 is 1.70. The fraction of sp³-hybridized carbons (Fsp3) is 0.333. The monoisotopic (exact) mass is 310 g/mol. The van der Waals surface area contributed by atoms with E-state index in [-0.39, 0.29) is 11.9 Å². The molecule has 2 atom stereocenters. The number of benzene rings is 1. The second kappa shape index (κ2) is 4.80. The van der Waals surface area contributed by atoms with Gasteiger partial charge in [0.2, 0.25) is 5.91 Å². The van der Waals surface area contributed by atoms with E-state index < -0.39 is 11.9 Å². The number of aliphatic carboxylic acids is 1. The van der Waals surface area contributed by atoms with Crippen molar-refractivity contribution in [2.45, 2.75) is 19.4 Å². The predicted molar refractivity (Wildman–Crippen MR) is 87.5 cm³/mol. The molecular weight excluding hydrogens is 292 g/mol. The first-order chi connectivity index (χ1) is 11.0. The Labute approximate surface area is 133 Å². The maximum absolute atomic E-state index is 11.9. The van der Waals surface area contributed by atoms with Crippen LogP contribution < -0.4 is 0 Å². The van der Waals surface area contributed by atoms with Gasteiger partial charge in [0.05, 0.1) is 11.4 Å². The highest BCUT2D eigenvalue weighted by atomic mass is 16.4. The van der Waals surface area contributed by atoms with Crippen LogP contribution in [0.1, 0.15) is 22.8 Å². The molecule has 1 aromatic carbocycles. The molecule has 1 aromatic heterocycles. The van der Waals surface area contributed by atoms with E-state index in [2.05, 4.69) is 4.90 Å². The van der Waals surface area contributed by atoms with Crippen LogP contribution >= 0.6 is 0 Å². The van der Waals surface area contributed by atoms with Crippen molar-refractivity contribution >= 4 is 28.4 Å². The number of hydrogen-bond donors (Lipinski definition) is 1. The van der Waals surface area contributed by atoms with E-state index in [0.29, 0.717) is 6.54 Å². The summed E-state index contributed by atoms with van der Waals surface area (Å²) in [6.45, 7) is 2.08. The first-order valence-electron chi connectivity index (χ1n) is 7.76. The Morgan fingerprint density at radius 1 is 1.30 bits per heavy atom. The van der Waals surface area contributed by atoms with Crippen LogP contribution in [-0.2, 0) is 11.2 Å². The van der Waals surface area contributed by atoms with Gasteiger partial charge in [-0.1, -0.05) is 18.2 Å². The lowest BCUT2D eigenvalue weighted by Crippen LogP contribution is -2.44. The molecule has 4 rings (SSSR count). The first kappa shape index (κ1) is 14.2. The van der Waals surface area contributed by atoms with Crippen molar-refractivity contribution in [3.8, 4) is 0 Å². The van der Waals surface area contributed by atoms with Crippen LogP contribution in [0.5, 0.6) is 0 Å².